The van der Waals surface area contributed by atoms with Gasteiger partial charge in [0.1, 0.15) is 11.6 Å². The van der Waals surface area contributed by atoms with Crippen LogP contribution in [0.3, 0.4) is 0 Å². The molecule has 1 aliphatic rings. The van der Waals surface area contributed by atoms with Crippen LogP contribution >= 0.6 is 0 Å². The van der Waals surface area contributed by atoms with E-state index in [4.69, 9.17) is 0 Å². The van der Waals surface area contributed by atoms with Crippen LogP contribution in [0.15, 0.2) is 18.2 Å². The molecule has 1 aliphatic carbocycles. The normalized spacial score (nSPS) is 17.8. The molecule has 1 saturated carbocycles. The van der Waals surface area contributed by atoms with Crippen LogP contribution < -0.4 is 5.32 Å². The van der Waals surface area contributed by atoms with Crippen LogP contribution in [-0.4, -0.2) is 12.6 Å². The first-order valence-corrected chi connectivity index (χ1v) is 5.35. The Hall–Kier alpha value is -0.960. The smallest absolute Gasteiger partial charge is 0.126 e. The van der Waals surface area contributed by atoms with Crippen LogP contribution in [0.4, 0.5) is 8.78 Å². The summed E-state index contributed by atoms with van der Waals surface area (Å²) in [6.45, 7) is 2.62. The van der Waals surface area contributed by atoms with E-state index in [1.165, 1.54) is 25.0 Å². The van der Waals surface area contributed by atoms with Crippen LogP contribution in [0.1, 0.15) is 31.2 Å². The molecule has 82 valence electrons. The maximum Gasteiger partial charge on any atom is 0.126 e. The van der Waals surface area contributed by atoms with Crippen molar-refractivity contribution in [2.75, 3.05) is 6.54 Å². The Balaban J connectivity index is 2.02. The van der Waals surface area contributed by atoms with Crippen LogP contribution in [0.5, 0.6) is 0 Å². The quantitative estimate of drug-likeness (QED) is 0.807. The van der Waals surface area contributed by atoms with E-state index < -0.39 is 0 Å². The highest BCUT2D eigenvalue weighted by atomic mass is 19.1. The van der Waals surface area contributed by atoms with E-state index in [0.717, 1.165) is 6.07 Å². The van der Waals surface area contributed by atoms with Crippen LogP contribution in [0.2, 0.25) is 0 Å². The Morgan fingerprint density at radius 2 is 2.13 bits per heavy atom. The number of nitrogens with one attached hydrogen (secondary N) is 1. The molecule has 1 unspecified atom stereocenters. The van der Waals surface area contributed by atoms with Crippen molar-refractivity contribution in [3.8, 4) is 0 Å². The molecule has 1 atom stereocenters. The molecule has 15 heavy (non-hydrogen) atoms. The Morgan fingerprint density at radius 3 is 2.80 bits per heavy atom. The summed E-state index contributed by atoms with van der Waals surface area (Å²) >= 11 is 0. The Kier molecular flexibility index (Phi) is 3.00. The highest BCUT2D eigenvalue weighted by Crippen LogP contribution is 2.23. The van der Waals surface area contributed by atoms with Gasteiger partial charge >= 0.3 is 0 Å². The summed E-state index contributed by atoms with van der Waals surface area (Å²) in [5, 5.41) is 3.31. The maximum atomic E-state index is 13.4. The zero-order valence-corrected chi connectivity index (χ0v) is 8.76. The van der Waals surface area contributed by atoms with Crippen molar-refractivity contribution in [1.82, 2.24) is 5.32 Å². The fourth-order valence-electron chi connectivity index (χ4n) is 1.63. The molecule has 0 radical (unpaired) electrons. The summed E-state index contributed by atoms with van der Waals surface area (Å²) in [5.74, 6) is -0.674. The number of hydrogen-bond donors (Lipinski definition) is 1. The first-order valence-electron chi connectivity index (χ1n) is 5.35. The molecule has 1 N–H and O–H groups in total. The van der Waals surface area contributed by atoms with Gasteiger partial charge in [0.2, 0.25) is 0 Å². The highest BCUT2D eigenvalue weighted by molar-refractivity contribution is 5.22. The average molecular weight is 211 g/mol. The molecule has 0 spiro atoms. The van der Waals surface area contributed by atoms with Gasteiger partial charge in [-0.3, -0.25) is 0 Å². The monoisotopic (exact) mass is 211 g/mol. The van der Waals surface area contributed by atoms with Crippen molar-refractivity contribution >= 4 is 0 Å². The summed E-state index contributed by atoms with van der Waals surface area (Å²) in [6, 6.07) is 4.23. The lowest BCUT2D eigenvalue weighted by atomic mass is 10.0. The molecule has 0 aromatic heterocycles. The minimum absolute atomic E-state index is 0.0151. The number of rotatable bonds is 4. The zero-order valence-electron chi connectivity index (χ0n) is 8.76. The van der Waals surface area contributed by atoms with E-state index in [2.05, 4.69) is 5.32 Å². The molecule has 0 amide bonds. The molecule has 3 heteroatoms. The molecule has 1 aromatic carbocycles. The van der Waals surface area contributed by atoms with Crippen molar-refractivity contribution < 1.29 is 8.78 Å². The third-order valence-electron chi connectivity index (χ3n) is 2.78. The lowest BCUT2D eigenvalue weighted by molar-refractivity contribution is 0.546. The minimum atomic E-state index is -0.371. The van der Waals surface area contributed by atoms with Crippen LogP contribution in [0.25, 0.3) is 0 Å². The third-order valence-corrected chi connectivity index (χ3v) is 2.78. The van der Waals surface area contributed by atoms with Gasteiger partial charge in [0, 0.05) is 12.6 Å². The maximum absolute atomic E-state index is 13.4. The Morgan fingerprint density at radius 1 is 1.40 bits per heavy atom. The zero-order chi connectivity index (χ0) is 10.8. The summed E-state index contributed by atoms with van der Waals surface area (Å²) < 4.78 is 26.3. The second kappa shape index (κ2) is 4.27. The van der Waals surface area contributed by atoms with Gasteiger partial charge in [-0.1, -0.05) is 6.92 Å². The van der Waals surface area contributed by atoms with E-state index in [9.17, 15) is 8.78 Å². The van der Waals surface area contributed by atoms with Crippen molar-refractivity contribution in [1.29, 1.82) is 0 Å². The average Bonchev–Trinajstić information content (AvgIpc) is 3.02. The Bertz CT molecular complexity index is 347. The summed E-state index contributed by atoms with van der Waals surface area (Å²) in [6.07, 6.45) is 2.41. The minimum Gasteiger partial charge on any atom is -0.313 e. The molecule has 0 bridgehead atoms. The van der Waals surface area contributed by atoms with E-state index in [1.54, 1.807) is 0 Å². The predicted molar refractivity (Wildman–Crippen MR) is 55.8 cm³/mol. The molecule has 2 rings (SSSR count). The lowest BCUT2D eigenvalue weighted by Crippen LogP contribution is -2.22. The van der Waals surface area contributed by atoms with E-state index >= 15 is 0 Å². The van der Waals surface area contributed by atoms with Crippen molar-refractivity contribution in [3.05, 3.63) is 35.4 Å². The van der Waals surface area contributed by atoms with Gasteiger partial charge in [-0.2, -0.15) is 0 Å². The molecule has 0 heterocycles. The second-order valence-corrected chi connectivity index (χ2v) is 4.25. The molecule has 0 aliphatic heterocycles. The van der Waals surface area contributed by atoms with Gasteiger partial charge in [0.15, 0.2) is 0 Å². The molecular weight excluding hydrogens is 196 g/mol. The molecule has 1 aromatic rings. The molecule has 1 fully saturated rings. The molecule has 1 nitrogen and oxygen atoms in total. The topological polar surface area (TPSA) is 12.0 Å². The third kappa shape index (κ3) is 2.75. The van der Waals surface area contributed by atoms with Crippen molar-refractivity contribution in [2.24, 2.45) is 0 Å². The van der Waals surface area contributed by atoms with Gasteiger partial charge in [0.05, 0.1) is 0 Å². The van der Waals surface area contributed by atoms with Crippen molar-refractivity contribution in [3.63, 3.8) is 0 Å². The number of benzene rings is 1. The summed E-state index contributed by atoms with van der Waals surface area (Å²) in [7, 11) is 0. The van der Waals surface area contributed by atoms with Gasteiger partial charge in [0.25, 0.3) is 0 Å². The van der Waals surface area contributed by atoms with Gasteiger partial charge in [-0.05, 0) is 42.5 Å². The van der Waals surface area contributed by atoms with E-state index in [1.807, 2.05) is 6.92 Å². The summed E-state index contributed by atoms with van der Waals surface area (Å²) in [4.78, 5) is 0. The number of hydrogen-bond acceptors (Lipinski definition) is 1. The standard InChI is InChI=1S/C12H15F2N/c1-8(7-15-10-3-4-10)11-6-9(13)2-5-12(11)14/h2,5-6,8,10,15H,3-4,7H2,1H3. The van der Waals surface area contributed by atoms with Crippen LogP contribution in [-0.2, 0) is 0 Å². The van der Waals surface area contributed by atoms with Crippen LogP contribution in [0, 0.1) is 11.6 Å². The molecule has 0 saturated heterocycles. The van der Waals surface area contributed by atoms with Gasteiger partial charge in [-0.15, -0.1) is 0 Å². The van der Waals surface area contributed by atoms with E-state index in [-0.39, 0.29) is 17.6 Å². The number of halogens is 2. The van der Waals surface area contributed by atoms with E-state index in [0.29, 0.717) is 18.2 Å². The largest absolute Gasteiger partial charge is 0.313 e. The molecular formula is C12H15F2N. The SMILES string of the molecule is CC(CNC1CC1)c1cc(F)ccc1F. The first kappa shape index (κ1) is 10.6. The lowest BCUT2D eigenvalue weighted by Gasteiger charge is -2.13. The summed E-state index contributed by atoms with van der Waals surface area (Å²) in [5.41, 5.74) is 0.461. The highest BCUT2D eigenvalue weighted by Gasteiger charge is 2.22. The first-order chi connectivity index (χ1) is 7.16. The fourth-order valence-corrected chi connectivity index (χ4v) is 1.63. The predicted octanol–water partition coefficient (Wildman–Crippen LogP) is 2.82. The van der Waals surface area contributed by atoms with Gasteiger partial charge in [-0.25, -0.2) is 8.78 Å². The second-order valence-electron chi connectivity index (χ2n) is 4.25. The fraction of sp³-hybridized carbons (Fsp3) is 0.500. The van der Waals surface area contributed by atoms with Crippen molar-refractivity contribution in [2.45, 2.75) is 31.7 Å². The Labute approximate surface area is 88.5 Å². The van der Waals surface area contributed by atoms with Gasteiger partial charge < -0.3 is 5.32 Å².